The Balaban J connectivity index is 1.34. The minimum atomic E-state index is 0.354. The number of pyridine rings is 1. The smallest absolute Gasteiger partial charge is 0.0897 e. The molecule has 0 amide bonds. The summed E-state index contributed by atoms with van der Waals surface area (Å²) in [5.41, 5.74) is 2.49. The minimum absolute atomic E-state index is 0.354. The van der Waals surface area contributed by atoms with Crippen LogP contribution in [0.15, 0.2) is 29.9 Å². The van der Waals surface area contributed by atoms with Crippen LogP contribution in [0.25, 0.3) is 0 Å². The van der Waals surface area contributed by atoms with E-state index in [-0.39, 0.29) is 0 Å². The quantitative estimate of drug-likeness (QED) is 0.840. The molecule has 0 aliphatic carbocycles. The Bertz CT molecular complexity index is 677. The van der Waals surface area contributed by atoms with Crippen LogP contribution in [0, 0.1) is 12.8 Å². The first kappa shape index (κ1) is 17.1. The Labute approximate surface area is 153 Å². The lowest BCUT2D eigenvalue weighted by molar-refractivity contribution is -0.0242. The number of thiazole rings is 1. The van der Waals surface area contributed by atoms with Crippen molar-refractivity contribution >= 4 is 11.3 Å². The van der Waals surface area contributed by atoms with Gasteiger partial charge < -0.3 is 4.74 Å². The van der Waals surface area contributed by atoms with Gasteiger partial charge in [-0.25, -0.2) is 4.98 Å². The van der Waals surface area contributed by atoms with Gasteiger partial charge in [-0.3, -0.25) is 14.8 Å². The molecule has 0 unspecified atom stereocenters. The van der Waals surface area contributed by atoms with Crippen molar-refractivity contribution in [2.24, 2.45) is 5.92 Å². The average Bonchev–Trinajstić information content (AvgIpc) is 2.91. The molecule has 0 aromatic carbocycles. The molecule has 2 aromatic rings. The highest BCUT2D eigenvalue weighted by molar-refractivity contribution is 7.09. The lowest BCUT2D eigenvalue weighted by Gasteiger charge is -2.38. The monoisotopic (exact) mass is 358 g/mol. The number of nitrogens with zero attached hydrogens (tertiary/aromatic N) is 4. The van der Waals surface area contributed by atoms with Crippen LogP contribution in [-0.2, 0) is 17.8 Å². The summed E-state index contributed by atoms with van der Waals surface area (Å²) < 4.78 is 6.23. The predicted molar refractivity (Wildman–Crippen MR) is 99.5 cm³/mol. The maximum atomic E-state index is 6.23. The molecule has 2 aliphatic heterocycles. The third kappa shape index (κ3) is 4.44. The van der Waals surface area contributed by atoms with Crippen LogP contribution < -0.4 is 0 Å². The molecular weight excluding hydrogens is 332 g/mol. The van der Waals surface area contributed by atoms with E-state index in [4.69, 9.17) is 4.74 Å². The number of ether oxygens (including phenoxy) is 1. The van der Waals surface area contributed by atoms with E-state index in [0.717, 1.165) is 50.9 Å². The zero-order chi connectivity index (χ0) is 17.1. The average molecular weight is 359 g/mol. The molecule has 2 atom stereocenters. The van der Waals surface area contributed by atoms with Crippen molar-refractivity contribution in [3.8, 4) is 0 Å². The van der Waals surface area contributed by atoms with Crippen LogP contribution in [0.4, 0.5) is 0 Å². The number of piperidine rings is 1. The second kappa shape index (κ2) is 7.91. The molecule has 4 rings (SSSR count). The molecule has 0 radical (unpaired) electrons. The van der Waals surface area contributed by atoms with Gasteiger partial charge in [-0.05, 0) is 31.5 Å². The SMILES string of the molecule is Cc1nc(CN2CCO[C@H]3CN(Cc4cccnc4)CC[C@H]3C2)cs1. The number of hydrogen-bond acceptors (Lipinski definition) is 6. The predicted octanol–water partition coefficient (Wildman–Crippen LogP) is 2.57. The zero-order valence-corrected chi connectivity index (χ0v) is 15.6. The van der Waals surface area contributed by atoms with Gasteiger partial charge in [-0.15, -0.1) is 11.3 Å². The molecule has 0 saturated carbocycles. The third-order valence-corrected chi connectivity index (χ3v) is 6.02. The molecule has 4 heterocycles. The number of rotatable bonds is 4. The molecule has 5 nitrogen and oxygen atoms in total. The molecule has 0 bridgehead atoms. The van der Waals surface area contributed by atoms with Crippen LogP contribution in [0.2, 0.25) is 0 Å². The Morgan fingerprint density at radius 1 is 1.24 bits per heavy atom. The number of aromatic nitrogens is 2. The van der Waals surface area contributed by atoms with E-state index < -0.39 is 0 Å². The molecule has 0 N–H and O–H groups in total. The summed E-state index contributed by atoms with van der Waals surface area (Å²) >= 11 is 1.74. The molecule has 2 aliphatic rings. The number of hydrogen-bond donors (Lipinski definition) is 0. The Morgan fingerprint density at radius 3 is 2.96 bits per heavy atom. The summed E-state index contributed by atoms with van der Waals surface area (Å²) in [6.07, 6.45) is 5.37. The maximum absolute atomic E-state index is 6.23. The van der Waals surface area contributed by atoms with Gasteiger partial charge in [-0.1, -0.05) is 6.07 Å². The first-order valence-electron chi connectivity index (χ1n) is 9.12. The number of likely N-dealkylation sites (tertiary alicyclic amines) is 1. The first-order chi connectivity index (χ1) is 12.3. The lowest BCUT2D eigenvalue weighted by atomic mass is 9.93. The van der Waals surface area contributed by atoms with Crippen molar-refractivity contribution in [2.75, 3.05) is 32.8 Å². The molecule has 0 spiro atoms. The van der Waals surface area contributed by atoms with Crippen molar-refractivity contribution in [1.82, 2.24) is 19.8 Å². The highest BCUT2D eigenvalue weighted by Crippen LogP contribution is 2.26. The summed E-state index contributed by atoms with van der Waals surface area (Å²) in [4.78, 5) is 13.9. The van der Waals surface area contributed by atoms with Gasteiger partial charge in [-0.2, -0.15) is 0 Å². The molecule has 134 valence electrons. The second-order valence-corrected chi connectivity index (χ2v) is 8.21. The van der Waals surface area contributed by atoms with Crippen molar-refractivity contribution < 1.29 is 4.74 Å². The number of fused-ring (bicyclic) bond motifs is 1. The normalized spacial score (nSPS) is 25.5. The van der Waals surface area contributed by atoms with E-state index in [1.54, 1.807) is 11.3 Å². The van der Waals surface area contributed by atoms with E-state index in [0.29, 0.717) is 12.0 Å². The van der Waals surface area contributed by atoms with Gasteiger partial charge in [0.2, 0.25) is 0 Å². The van der Waals surface area contributed by atoms with Crippen molar-refractivity contribution in [3.05, 3.63) is 46.2 Å². The molecule has 25 heavy (non-hydrogen) atoms. The van der Waals surface area contributed by atoms with Crippen molar-refractivity contribution in [1.29, 1.82) is 0 Å². The highest BCUT2D eigenvalue weighted by atomic mass is 32.1. The Morgan fingerprint density at radius 2 is 2.16 bits per heavy atom. The standard InChI is InChI=1S/C19H26N4OS/c1-15-21-18(14-25-15)12-23-7-8-24-19-13-22(6-4-17(19)11-23)10-16-3-2-5-20-9-16/h2-3,5,9,14,17,19H,4,6-8,10-13H2,1H3/t17-,19-/m0/s1. The first-order valence-corrected chi connectivity index (χ1v) is 10.0. The molecule has 2 aromatic heterocycles. The highest BCUT2D eigenvalue weighted by Gasteiger charge is 2.33. The molecular formula is C19H26N4OS. The fourth-order valence-electron chi connectivity index (χ4n) is 3.93. The van der Waals surface area contributed by atoms with E-state index in [2.05, 4.69) is 38.1 Å². The van der Waals surface area contributed by atoms with Crippen LogP contribution in [0.1, 0.15) is 22.7 Å². The van der Waals surface area contributed by atoms with Gasteiger partial charge >= 0.3 is 0 Å². The summed E-state index contributed by atoms with van der Waals surface area (Å²) in [5, 5.41) is 3.34. The van der Waals surface area contributed by atoms with Crippen LogP contribution in [0.5, 0.6) is 0 Å². The van der Waals surface area contributed by atoms with Crippen molar-refractivity contribution in [3.63, 3.8) is 0 Å². The summed E-state index contributed by atoms with van der Waals surface area (Å²) in [6.45, 7) is 9.14. The molecule has 2 fully saturated rings. The molecule has 2 saturated heterocycles. The van der Waals surface area contributed by atoms with Gasteiger partial charge in [0.25, 0.3) is 0 Å². The zero-order valence-electron chi connectivity index (χ0n) is 14.8. The van der Waals surface area contributed by atoms with Crippen LogP contribution in [-0.4, -0.2) is 58.7 Å². The van der Waals surface area contributed by atoms with Gasteiger partial charge in [0.05, 0.1) is 23.4 Å². The largest absolute Gasteiger partial charge is 0.375 e. The van der Waals surface area contributed by atoms with Gasteiger partial charge in [0, 0.05) is 56.4 Å². The van der Waals surface area contributed by atoms with Crippen LogP contribution >= 0.6 is 11.3 Å². The van der Waals surface area contributed by atoms with Crippen LogP contribution in [0.3, 0.4) is 0 Å². The molecule has 6 heteroatoms. The fourth-order valence-corrected chi connectivity index (χ4v) is 4.53. The number of aryl methyl sites for hydroxylation is 1. The summed E-state index contributed by atoms with van der Waals surface area (Å²) in [6, 6.07) is 4.17. The minimum Gasteiger partial charge on any atom is -0.375 e. The van der Waals surface area contributed by atoms with Crippen molar-refractivity contribution in [2.45, 2.75) is 32.5 Å². The Hall–Kier alpha value is -1.34. The third-order valence-electron chi connectivity index (χ3n) is 5.19. The fraction of sp³-hybridized carbons (Fsp3) is 0.579. The second-order valence-electron chi connectivity index (χ2n) is 7.15. The van der Waals surface area contributed by atoms with Gasteiger partial charge in [0.1, 0.15) is 0 Å². The van der Waals surface area contributed by atoms with Gasteiger partial charge in [0.15, 0.2) is 0 Å². The topological polar surface area (TPSA) is 41.5 Å². The summed E-state index contributed by atoms with van der Waals surface area (Å²) in [5.74, 6) is 0.632. The summed E-state index contributed by atoms with van der Waals surface area (Å²) in [7, 11) is 0. The van der Waals surface area contributed by atoms with E-state index in [1.807, 2.05) is 18.5 Å². The van der Waals surface area contributed by atoms with E-state index in [1.165, 1.54) is 17.7 Å². The lowest BCUT2D eigenvalue weighted by Crippen LogP contribution is -2.46. The Kier molecular flexibility index (Phi) is 5.41. The van der Waals surface area contributed by atoms with E-state index in [9.17, 15) is 0 Å². The van der Waals surface area contributed by atoms with E-state index >= 15 is 0 Å². The maximum Gasteiger partial charge on any atom is 0.0897 e.